The van der Waals surface area contributed by atoms with Gasteiger partial charge in [0.15, 0.2) is 0 Å². The van der Waals surface area contributed by atoms with Crippen molar-refractivity contribution < 1.29 is 60.9 Å². The van der Waals surface area contributed by atoms with E-state index in [0.29, 0.717) is 0 Å². The number of rotatable bonds is 0. The first-order valence-corrected chi connectivity index (χ1v) is 30.7. The summed E-state index contributed by atoms with van der Waals surface area (Å²) in [6.07, 6.45) is 0. The van der Waals surface area contributed by atoms with E-state index in [1.165, 1.54) is 19.4 Å². The van der Waals surface area contributed by atoms with Gasteiger partial charge in [0.2, 0.25) is 0 Å². The Kier molecular flexibility index (Phi) is 44.6. The van der Waals surface area contributed by atoms with Crippen LogP contribution in [0.15, 0.2) is 0 Å². The van der Waals surface area contributed by atoms with Gasteiger partial charge in [0, 0.05) is 21.7 Å². The molecule has 0 saturated heterocycles. The van der Waals surface area contributed by atoms with E-state index >= 15 is 0 Å². The Balaban J connectivity index is -0.0000000419. The van der Waals surface area contributed by atoms with Crippen molar-refractivity contribution >= 4 is 101 Å². The predicted octanol–water partition coefficient (Wildman–Crippen LogP) is 6.60. The third kappa shape index (κ3) is 93.7. The topological polar surface area (TPSA) is 0 Å². The van der Waals surface area contributed by atoms with Crippen LogP contribution >= 0.6 is 101 Å². The molecule has 0 saturated carbocycles. The average Bonchev–Trinajstić information content (AvgIpc) is 1.63. The zero-order valence-corrected chi connectivity index (χ0v) is 23.1. The zero-order valence-electron chi connectivity index (χ0n) is 5.02. The summed E-state index contributed by atoms with van der Waals surface area (Å²) >= 11 is 23.6. The van der Waals surface area contributed by atoms with Crippen molar-refractivity contribution in [3.63, 3.8) is 0 Å². The second kappa shape index (κ2) is 19.8. The summed E-state index contributed by atoms with van der Waals surface area (Å²) in [6, 6.07) is 0. The summed E-state index contributed by atoms with van der Waals surface area (Å²) < 4.78 is 0. The van der Waals surface area contributed by atoms with Gasteiger partial charge in [0.05, 0.1) is 0 Å². The maximum Gasteiger partial charge on any atom is 0 e. The van der Waals surface area contributed by atoms with Gasteiger partial charge >= 0.3 is 141 Å². The van der Waals surface area contributed by atoms with Gasteiger partial charge in [-0.15, -0.1) is 0 Å². The second-order valence-corrected chi connectivity index (χ2v) is 71.6. The first kappa shape index (κ1) is 27.0. The van der Waals surface area contributed by atoms with E-state index in [2.05, 4.69) is 101 Å². The summed E-state index contributed by atoms with van der Waals surface area (Å²) in [5, 5.41) is 0. The zero-order chi connectivity index (χ0) is 10.1. The molecule has 0 N–H and O–H groups in total. The summed E-state index contributed by atoms with van der Waals surface area (Å²) in [5.41, 5.74) is 0. The van der Waals surface area contributed by atoms with Gasteiger partial charge in [-0.3, -0.25) is 0 Å². The molecule has 0 aromatic heterocycles. The van der Waals surface area contributed by atoms with E-state index in [4.69, 9.17) is 0 Å². The average molecular weight is 786 g/mol. The predicted molar refractivity (Wildman–Crippen MR) is 68.3 cm³/mol. The second-order valence-electron chi connectivity index (χ2n) is 0.643. The summed E-state index contributed by atoms with van der Waals surface area (Å²) in [7, 11) is 2.89. The van der Waals surface area contributed by atoms with Crippen molar-refractivity contribution in [1.82, 2.24) is 0 Å². The minimum Gasteiger partial charge on any atom is 0 e. The van der Waals surface area contributed by atoms with Crippen LogP contribution in [0.25, 0.3) is 0 Å². The number of hydrogen-bond acceptors (Lipinski definition) is 0. The molecule has 0 aliphatic rings. The fourth-order valence-corrected chi connectivity index (χ4v) is 0. The van der Waals surface area contributed by atoms with E-state index in [0.717, 1.165) is 0 Å². The Bertz CT molecular complexity index is 52.2. The Hall–Kier alpha value is 6.51. The van der Waals surface area contributed by atoms with Crippen molar-refractivity contribution in [2.24, 2.45) is 0 Å². The van der Waals surface area contributed by atoms with Crippen LogP contribution < -0.4 is 0 Å². The molecule has 0 atom stereocenters. The van der Waals surface area contributed by atoms with Gasteiger partial charge in [0.25, 0.3) is 0 Å². The van der Waals surface area contributed by atoms with E-state index in [9.17, 15) is 0 Å². The minimum absolute atomic E-state index is 0. The molecule has 0 aliphatic carbocycles. The molecule has 0 bridgehead atoms. The van der Waals surface area contributed by atoms with Crippen LogP contribution in [-0.2, 0) is 60.9 Å². The van der Waals surface area contributed by atoms with Gasteiger partial charge < -0.3 is 0 Å². The Morgan fingerprint density at radius 1 is 0.917 bits per heavy atom. The third-order valence-electron chi connectivity index (χ3n) is 0. The van der Waals surface area contributed by atoms with Crippen molar-refractivity contribution in [2.45, 2.75) is 0 Å². The molecule has 0 nitrogen and oxygen atoms in total. The van der Waals surface area contributed by atoms with Crippen LogP contribution in [0.4, 0.5) is 0 Å². The summed E-state index contributed by atoms with van der Waals surface area (Å²) in [5.74, 6) is 0. The van der Waals surface area contributed by atoms with Crippen LogP contribution in [0.1, 0.15) is 0 Å². The van der Waals surface area contributed by atoms with Crippen LogP contribution in [0.3, 0.4) is 0 Å². The fraction of sp³-hybridized carbons (Fsp3) is 0. The van der Waals surface area contributed by atoms with Gasteiger partial charge in [-0.05, 0) is 0 Å². The molecule has 0 spiro atoms. The van der Waals surface area contributed by atoms with E-state index in [-0.39, 0.29) is 21.7 Å². The summed E-state index contributed by atoms with van der Waals surface area (Å²) in [6.45, 7) is 0. The van der Waals surface area contributed by atoms with Gasteiger partial charge in [-0.2, -0.15) is 0 Å². The fourth-order valence-electron chi connectivity index (χ4n) is 0. The quantitative estimate of drug-likeness (QED) is 0.243. The van der Waals surface area contributed by atoms with Crippen LogP contribution in [0.2, 0.25) is 0 Å². The first-order valence-electron chi connectivity index (χ1n) is 1.51. The van der Waals surface area contributed by atoms with Crippen molar-refractivity contribution in [2.75, 3.05) is 0 Å². The maximum atomic E-state index is 4.64. The molecule has 12 heteroatoms. The van der Waals surface area contributed by atoms with E-state index in [1.807, 2.05) is 0 Å². The van der Waals surface area contributed by atoms with Crippen LogP contribution in [0.5, 0.6) is 0 Å². The Labute approximate surface area is 157 Å². The van der Waals surface area contributed by atoms with Gasteiger partial charge in [0.1, 0.15) is 0 Å². The van der Waals surface area contributed by atoms with E-state index in [1.54, 1.807) is 0 Å². The molecule has 72 valence electrons. The largest absolute Gasteiger partial charge is 0 e. The molecule has 0 aromatic rings. The number of hydrogen-bond donors (Lipinski definition) is 0. The molecule has 0 unspecified atom stereocenters. The molecule has 0 aromatic carbocycles. The molecular formula is Br7ClTi4. The Morgan fingerprint density at radius 3 is 0.917 bits per heavy atom. The van der Waals surface area contributed by atoms with Crippen molar-refractivity contribution in [3.8, 4) is 0 Å². The molecule has 0 rings (SSSR count). The van der Waals surface area contributed by atoms with Crippen LogP contribution in [-0.4, -0.2) is 0 Å². The monoisotopic (exact) mass is 779 g/mol. The van der Waals surface area contributed by atoms with Crippen molar-refractivity contribution in [3.05, 3.63) is 0 Å². The molecule has 12 heavy (non-hydrogen) atoms. The van der Waals surface area contributed by atoms with Crippen LogP contribution in [0, 0.1) is 0 Å². The minimum atomic E-state index is -1.75. The molecule has 0 fully saturated rings. The SMILES string of the molecule is [Br][Ti]([Br])([Br])[Br].[Br][Ti]([Br])[Br].[Cl][Ti].[Ti]. The maximum absolute atomic E-state index is 4.64. The molecular weight excluding hydrogens is 786 g/mol. The first-order chi connectivity index (χ1) is 4.73. The molecule has 0 heterocycles. The normalized spacial score (nSPS) is 7.58. The smallest absolute Gasteiger partial charge is 0 e. The number of halogens is 8. The van der Waals surface area contributed by atoms with E-state index < -0.39 is 19.8 Å². The molecule has 0 amide bonds. The Morgan fingerprint density at radius 2 is 0.917 bits per heavy atom. The molecule has 0 radical (unpaired) electrons. The van der Waals surface area contributed by atoms with Crippen molar-refractivity contribution in [1.29, 1.82) is 0 Å². The third-order valence-corrected chi connectivity index (χ3v) is 0. The van der Waals surface area contributed by atoms with Gasteiger partial charge in [-0.1, -0.05) is 0 Å². The standard InChI is InChI=1S/7BrH.ClH.4Ti/h8*1H;;;;/q;;;;;;;;;+1;+3;+4/p-8. The summed E-state index contributed by atoms with van der Waals surface area (Å²) in [4.78, 5) is 0. The van der Waals surface area contributed by atoms with Gasteiger partial charge in [-0.25, -0.2) is 0 Å². The molecule has 0 aliphatic heterocycles.